The van der Waals surface area contributed by atoms with Gasteiger partial charge >= 0.3 is 0 Å². The Kier molecular flexibility index (Phi) is 5.04. The number of benzene rings is 1. The summed E-state index contributed by atoms with van der Waals surface area (Å²) in [6, 6.07) is 9.92. The van der Waals surface area contributed by atoms with Gasteiger partial charge in [-0.2, -0.15) is 0 Å². The van der Waals surface area contributed by atoms with E-state index >= 15 is 0 Å². The Labute approximate surface area is 118 Å². The predicted molar refractivity (Wildman–Crippen MR) is 83.3 cm³/mol. The van der Waals surface area contributed by atoms with Gasteiger partial charge in [-0.25, -0.2) is 0 Å². The molecule has 0 aromatic heterocycles. The van der Waals surface area contributed by atoms with Crippen LogP contribution in [0.3, 0.4) is 0 Å². The van der Waals surface area contributed by atoms with Crippen molar-refractivity contribution in [3.8, 4) is 0 Å². The molecule has 0 amide bonds. The van der Waals surface area contributed by atoms with Gasteiger partial charge in [0.15, 0.2) is 0 Å². The lowest BCUT2D eigenvalue weighted by Crippen LogP contribution is -2.37. The fraction of sp³-hybridized carbons (Fsp3) is 0.667. The van der Waals surface area contributed by atoms with Crippen LogP contribution in [0.2, 0.25) is 0 Å². The molecule has 0 radical (unpaired) electrons. The summed E-state index contributed by atoms with van der Waals surface area (Å²) in [6.45, 7) is 9.27. The predicted octanol–water partition coefficient (Wildman–Crippen LogP) is 4.86. The van der Waals surface area contributed by atoms with Crippen LogP contribution < -0.4 is 5.32 Å². The van der Waals surface area contributed by atoms with E-state index in [2.05, 4.69) is 57.3 Å². The maximum absolute atomic E-state index is 3.86. The lowest BCUT2D eigenvalue weighted by molar-refractivity contribution is 0.222. The normalized spacial score (nSPS) is 25.5. The first-order valence-electron chi connectivity index (χ1n) is 7.89. The Morgan fingerprint density at radius 3 is 2.53 bits per heavy atom. The van der Waals surface area contributed by atoms with Crippen molar-refractivity contribution in [3.63, 3.8) is 0 Å². The van der Waals surface area contributed by atoms with Crippen molar-refractivity contribution in [2.75, 3.05) is 0 Å². The molecular formula is C18H29N. The lowest BCUT2D eigenvalue weighted by atomic mass is 9.79. The fourth-order valence-electron chi connectivity index (χ4n) is 3.50. The van der Waals surface area contributed by atoms with Crippen molar-refractivity contribution in [1.29, 1.82) is 0 Å². The van der Waals surface area contributed by atoms with E-state index in [-0.39, 0.29) is 0 Å². The van der Waals surface area contributed by atoms with Crippen LogP contribution in [-0.4, -0.2) is 6.04 Å². The molecule has 1 fully saturated rings. The van der Waals surface area contributed by atoms with Crippen molar-refractivity contribution >= 4 is 0 Å². The second kappa shape index (κ2) is 6.56. The molecule has 0 aliphatic heterocycles. The van der Waals surface area contributed by atoms with Crippen LogP contribution in [-0.2, 0) is 0 Å². The Morgan fingerprint density at radius 1 is 1.11 bits per heavy atom. The van der Waals surface area contributed by atoms with Crippen LogP contribution in [0, 0.1) is 18.8 Å². The highest BCUT2D eigenvalue weighted by atomic mass is 14.9. The van der Waals surface area contributed by atoms with Crippen LogP contribution in [0.4, 0.5) is 0 Å². The second-order valence-electron chi connectivity index (χ2n) is 6.61. The molecule has 1 aliphatic carbocycles. The van der Waals surface area contributed by atoms with E-state index in [4.69, 9.17) is 0 Å². The molecule has 2 rings (SSSR count). The lowest BCUT2D eigenvalue weighted by Gasteiger charge is -2.34. The van der Waals surface area contributed by atoms with Crippen LogP contribution in [0.5, 0.6) is 0 Å². The maximum atomic E-state index is 3.86. The molecule has 1 aromatic rings. The molecule has 0 spiro atoms. The molecule has 0 saturated heterocycles. The summed E-state index contributed by atoms with van der Waals surface area (Å²) in [6.07, 6.45) is 5.52. The van der Waals surface area contributed by atoms with E-state index < -0.39 is 0 Å². The van der Waals surface area contributed by atoms with E-state index in [1.807, 2.05) is 0 Å². The maximum Gasteiger partial charge on any atom is 0.0296 e. The molecule has 19 heavy (non-hydrogen) atoms. The summed E-state index contributed by atoms with van der Waals surface area (Å²) in [5, 5.41) is 3.86. The Balaban J connectivity index is 1.95. The quantitative estimate of drug-likeness (QED) is 0.814. The summed E-state index contributed by atoms with van der Waals surface area (Å²) >= 11 is 0. The minimum Gasteiger partial charge on any atom is -0.307 e. The Morgan fingerprint density at radius 2 is 1.84 bits per heavy atom. The fourth-order valence-corrected chi connectivity index (χ4v) is 3.50. The van der Waals surface area contributed by atoms with E-state index in [9.17, 15) is 0 Å². The Bertz CT molecular complexity index is 396. The Hall–Kier alpha value is -0.820. The molecule has 2 unspecified atom stereocenters. The van der Waals surface area contributed by atoms with Gasteiger partial charge in [0.25, 0.3) is 0 Å². The molecule has 0 bridgehead atoms. The topological polar surface area (TPSA) is 12.0 Å². The van der Waals surface area contributed by atoms with Gasteiger partial charge in [-0.3, -0.25) is 0 Å². The molecule has 1 aliphatic rings. The number of nitrogens with one attached hydrogen (secondary N) is 1. The van der Waals surface area contributed by atoms with E-state index in [0.29, 0.717) is 12.1 Å². The van der Waals surface area contributed by atoms with Crippen molar-refractivity contribution in [2.45, 2.75) is 65.5 Å². The van der Waals surface area contributed by atoms with Crippen molar-refractivity contribution in [1.82, 2.24) is 5.32 Å². The number of rotatable bonds is 4. The average Bonchev–Trinajstić information content (AvgIpc) is 2.39. The molecule has 1 saturated carbocycles. The first-order valence-corrected chi connectivity index (χ1v) is 7.89. The number of aryl methyl sites for hydroxylation is 1. The van der Waals surface area contributed by atoms with Crippen LogP contribution >= 0.6 is 0 Å². The zero-order chi connectivity index (χ0) is 13.8. The van der Waals surface area contributed by atoms with E-state index in [0.717, 1.165) is 11.8 Å². The summed E-state index contributed by atoms with van der Waals surface area (Å²) in [7, 11) is 0. The summed E-state index contributed by atoms with van der Waals surface area (Å²) < 4.78 is 0. The van der Waals surface area contributed by atoms with Crippen molar-refractivity contribution in [2.24, 2.45) is 11.8 Å². The third kappa shape index (κ3) is 3.82. The van der Waals surface area contributed by atoms with Gasteiger partial charge in [0.2, 0.25) is 0 Å². The highest BCUT2D eigenvalue weighted by molar-refractivity contribution is 5.28. The third-order valence-electron chi connectivity index (χ3n) is 4.80. The summed E-state index contributed by atoms with van der Waals surface area (Å²) in [5.74, 6) is 1.74. The second-order valence-corrected chi connectivity index (χ2v) is 6.61. The highest BCUT2D eigenvalue weighted by Crippen LogP contribution is 2.31. The third-order valence-corrected chi connectivity index (χ3v) is 4.80. The molecule has 1 nitrogen and oxygen atoms in total. The first-order chi connectivity index (χ1) is 9.08. The van der Waals surface area contributed by atoms with E-state index in [1.54, 1.807) is 0 Å². The molecule has 1 heteroatoms. The standard InChI is InChI=1S/C18H29N/c1-13(2)16-9-7-10-17(12-16)19-15(4)18-11-6-5-8-14(18)3/h5-6,8,11,13,15-17,19H,7,9-10,12H2,1-4H3/t15-,16?,17?/m1/s1. The molecule has 3 atom stereocenters. The minimum atomic E-state index is 0.470. The van der Waals surface area contributed by atoms with Crippen LogP contribution in [0.15, 0.2) is 24.3 Å². The average molecular weight is 259 g/mol. The van der Waals surface area contributed by atoms with E-state index in [1.165, 1.54) is 36.8 Å². The van der Waals surface area contributed by atoms with Crippen LogP contribution in [0.25, 0.3) is 0 Å². The van der Waals surface area contributed by atoms with Gasteiger partial charge < -0.3 is 5.32 Å². The van der Waals surface area contributed by atoms with Crippen molar-refractivity contribution in [3.05, 3.63) is 35.4 Å². The zero-order valence-electron chi connectivity index (χ0n) is 12.9. The molecule has 106 valence electrons. The van der Waals surface area contributed by atoms with Crippen LogP contribution in [0.1, 0.15) is 63.6 Å². The number of hydrogen-bond donors (Lipinski definition) is 1. The van der Waals surface area contributed by atoms with Gasteiger partial charge in [-0.15, -0.1) is 0 Å². The monoisotopic (exact) mass is 259 g/mol. The highest BCUT2D eigenvalue weighted by Gasteiger charge is 2.25. The zero-order valence-corrected chi connectivity index (χ0v) is 12.9. The SMILES string of the molecule is Cc1ccccc1[C@@H](C)NC1CCCC(C(C)C)C1. The number of hydrogen-bond acceptors (Lipinski definition) is 1. The molecule has 0 heterocycles. The molecular weight excluding hydrogens is 230 g/mol. The largest absolute Gasteiger partial charge is 0.307 e. The molecule has 1 aromatic carbocycles. The van der Waals surface area contributed by atoms with Gasteiger partial charge in [-0.1, -0.05) is 51.0 Å². The van der Waals surface area contributed by atoms with Gasteiger partial charge in [0, 0.05) is 12.1 Å². The van der Waals surface area contributed by atoms with Gasteiger partial charge in [0.1, 0.15) is 0 Å². The summed E-state index contributed by atoms with van der Waals surface area (Å²) in [5.41, 5.74) is 2.85. The van der Waals surface area contributed by atoms with Gasteiger partial charge in [-0.05, 0) is 49.7 Å². The minimum absolute atomic E-state index is 0.470. The summed E-state index contributed by atoms with van der Waals surface area (Å²) in [4.78, 5) is 0. The smallest absolute Gasteiger partial charge is 0.0296 e. The molecule has 1 N–H and O–H groups in total. The van der Waals surface area contributed by atoms with Gasteiger partial charge in [0.05, 0.1) is 0 Å². The van der Waals surface area contributed by atoms with Crippen molar-refractivity contribution < 1.29 is 0 Å². The first kappa shape index (κ1) is 14.6.